The molecule has 0 unspecified atom stereocenters. The molecule has 1 radical (unpaired) electrons. The van der Waals surface area contributed by atoms with E-state index in [-0.39, 0.29) is 0 Å². The third kappa shape index (κ3) is 6.68. The zero-order valence-electron chi connectivity index (χ0n) is 4.30. The van der Waals surface area contributed by atoms with Crippen molar-refractivity contribution >= 4 is 28.4 Å². The standard InChI is InChI=1S/C2H7BNOS2/c1-4-7-6-3-5-2/h4H,1-2H3. The molecule has 0 aromatic rings. The van der Waals surface area contributed by atoms with Gasteiger partial charge in [0.1, 0.15) is 0 Å². The summed E-state index contributed by atoms with van der Waals surface area (Å²) >= 11 is 0. The van der Waals surface area contributed by atoms with Gasteiger partial charge >= 0.3 is 6.76 Å². The van der Waals surface area contributed by atoms with Crippen LogP contribution in [-0.2, 0) is 4.65 Å². The first-order valence-corrected chi connectivity index (χ1v) is 3.96. The van der Waals surface area contributed by atoms with Gasteiger partial charge in [-0.3, -0.25) is 4.72 Å². The van der Waals surface area contributed by atoms with Gasteiger partial charge in [-0.2, -0.15) is 0 Å². The minimum absolute atomic E-state index is 1.51. The lowest BCUT2D eigenvalue weighted by molar-refractivity contribution is 0.456. The van der Waals surface area contributed by atoms with Gasteiger partial charge in [-0.1, -0.05) is 10.6 Å². The van der Waals surface area contributed by atoms with Crippen molar-refractivity contribution in [1.82, 2.24) is 4.72 Å². The van der Waals surface area contributed by atoms with Crippen LogP contribution in [0.3, 0.4) is 0 Å². The van der Waals surface area contributed by atoms with E-state index in [1.807, 2.05) is 7.05 Å². The van der Waals surface area contributed by atoms with Crippen LogP contribution in [0.2, 0.25) is 0 Å². The van der Waals surface area contributed by atoms with E-state index in [0.29, 0.717) is 0 Å². The molecular weight excluding hydrogens is 129 g/mol. The quantitative estimate of drug-likeness (QED) is 0.265. The fourth-order valence-corrected chi connectivity index (χ4v) is 0.963. The van der Waals surface area contributed by atoms with Gasteiger partial charge in [0.2, 0.25) is 0 Å². The van der Waals surface area contributed by atoms with Crippen LogP contribution in [0.15, 0.2) is 0 Å². The minimum Gasteiger partial charge on any atom is -0.431 e. The maximum atomic E-state index is 4.62. The van der Waals surface area contributed by atoms with Crippen LogP contribution in [0.25, 0.3) is 0 Å². The highest BCUT2D eigenvalue weighted by Crippen LogP contribution is 2.12. The first-order chi connectivity index (χ1) is 3.41. The zero-order chi connectivity index (χ0) is 5.54. The molecule has 0 aromatic carbocycles. The van der Waals surface area contributed by atoms with Gasteiger partial charge in [0.25, 0.3) is 0 Å². The Bertz CT molecular complexity index is 34.9. The van der Waals surface area contributed by atoms with Crippen molar-refractivity contribution in [2.45, 2.75) is 0 Å². The summed E-state index contributed by atoms with van der Waals surface area (Å²) in [6.45, 7) is 1.65. The lowest BCUT2D eigenvalue weighted by Gasteiger charge is -1.91. The van der Waals surface area contributed by atoms with Crippen molar-refractivity contribution in [3.8, 4) is 0 Å². The van der Waals surface area contributed by atoms with Crippen molar-refractivity contribution in [2.24, 2.45) is 0 Å². The monoisotopic (exact) mass is 136 g/mol. The Morgan fingerprint density at radius 1 is 1.71 bits per heavy atom. The van der Waals surface area contributed by atoms with E-state index in [2.05, 4.69) is 9.38 Å². The third-order valence-corrected chi connectivity index (χ3v) is 1.83. The Kier molecular flexibility index (Phi) is 7.34. The molecule has 0 fully saturated rings. The van der Waals surface area contributed by atoms with Crippen LogP contribution in [0.4, 0.5) is 0 Å². The molecule has 0 spiro atoms. The average molecular weight is 136 g/mol. The number of nitrogens with one attached hydrogen (secondary N) is 1. The molecule has 0 aliphatic rings. The Labute approximate surface area is 52.5 Å². The van der Waals surface area contributed by atoms with Gasteiger partial charge in [-0.25, -0.2) is 0 Å². The van der Waals surface area contributed by atoms with Gasteiger partial charge in [0.05, 0.1) is 0 Å². The summed E-state index contributed by atoms with van der Waals surface area (Å²) in [4.78, 5) is 0. The van der Waals surface area contributed by atoms with Crippen molar-refractivity contribution < 1.29 is 4.65 Å². The molecule has 0 rings (SSSR count). The van der Waals surface area contributed by atoms with Crippen molar-refractivity contribution in [2.75, 3.05) is 14.2 Å². The normalized spacial score (nSPS) is 8.86. The topological polar surface area (TPSA) is 21.3 Å². The van der Waals surface area contributed by atoms with Crippen molar-refractivity contribution in [1.29, 1.82) is 0 Å². The van der Waals surface area contributed by atoms with Crippen LogP contribution >= 0.6 is 21.6 Å². The SMILES string of the molecule is CNSS[B]OC. The summed E-state index contributed by atoms with van der Waals surface area (Å²) in [7, 11) is 6.52. The average Bonchev–Trinajstić information content (AvgIpc) is 1.69. The molecule has 2 nitrogen and oxygen atoms in total. The van der Waals surface area contributed by atoms with Gasteiger partial charge in [-0.15, -0.1) is 0 Å². The molecule has 0 saturated carbocycles. The second-order valence-electron chi connectivity index (χ2n) is 0.716. The summed E-state index contributed by atoms with van der Waals surface area (Å²) in [6, 6.07) is 0. The minimum atomic E-state index is 1.51. The van der Waals surface area contributed by atoms with E-state index in [1.54, 1.807) is 13.9 Å². The molecule has 0 aliphatic carbocycles. The predicted octanol–water partition coefficient (Wildman–Crippen LogP) is 0.683. The lowest BCUT2D eigenvalue weighted by atomic mass is 10.6. The number of hydrogen-bond acceptors (Lipinski definition) is 4. The van der Waals surface area contributed by atoms with Gasteiger partial charge < -0.3 is 4.65 Å². The Balaban J connectivity index is 2.45. The fourth-order valence-electron chi connectivity index (χ4n) is 0.107. The summed E-state index contributed by atoms with van der Waals surface area (Å²) in [6.07, 6.45) is 0. The van der Waals surface area contributed by atoms with E-state index in [9.17, 15) is 0 Å². The molecular formula is C2H7BNOS2. The molecule has 0 aliphatic heterocycles. The highest BCUT2D eigenvalue weighted by Gasteiger charge is 1.85. The van der Waals surface area contributed by atoms with Crippen LogP contribution in [0, 0.1) is 0 Å². The first kappa shape index (κ1) is 7.68. The summed E-state index contributed by atoms with van der Waals surface area (Å²) in [5.41, 5.74) is 0. The Morgan fingerprint density at radius 2 is 2.43 bits per heavy atom. The highest BCUT2D eigenvalue weighted by atomic mass is 33.1. The number of rotatable bonds is 4. The molecule has 1 N–H and O–H groups in total. The molecule has 5 heteroatoms. The molecule has 0 bridgehead atoms. The predicted molar refractivity (Wildman–Crippen MR) is 37.0 cm³/mol. The Morgan fingerprint density at radius 3 is 2.86 bits per heavy atom. The van der Waals surface area contributed by atoms with E-state index >= 15 is 0 Å². The maximum Gasteiger partial charge on any atom is 0.384 e. The summed E-state index contributed by atoms with van der Waals surface area (Å²) in [5.74, 6) is 0. The third-order valence-electron chi connectivity index (χ3n) is 0.267. The molecule has 0 amide bonds. The Hall–Kier alpha value is 0.685. The van der Waals surface area contributed by atoms with Crippen LogP contribution < -0.4 is 4.72 Å². The van der Waals surface area contributed by atoms with Crippen molar-refractivity contribution in [3.63, 3.8) is 0 Å². The largest absolute Gasteiger partial charge is 0.431 e. The van der Waals surface area contributed by atoms with Gasteiger partial charge in [0.15, 0.2) is 0 Å². The van der Waals surface area contributed by atoms with E-state index in [0.717, 1.165) is 0 Å². The highest BCUT2D eigenvalue weighted by molar-refractivity contribution is 8.84. The fraction of sp³-hybridized carbons (Fsp3) is 1.00. The molecule has 0 atom stereocenters. The van der Waals surface area contributed by atoms with Crippen LogP contribution in [0.1, 0.15) is 0 Å². The van der Waals surface area contributed by atoms with Crippen LogP contribution in [0.5, 0.6) is 0 Å². The smallest absolute Gasteiger partial charge is 0.384 e. The van der Waals surface area contributed by atoms with E-state index in [4.69, 9.17) is 0 Å². The second-order valence-corrected chi connectivity index (χ2v) is 2.75. The maximum absolute atomic E-state index is 4.62. The van der Waals surface area contributed by atoms with E-state index in [1.165, 1.54) is 21.6 Å². The van der Waals surface area contributed by atoms with Crippen LogP contribution in [-0.4, -0.2) is 20.9 Å². The molecule has 41 valence electrons. The molecule has 7 heavy (non-hydrogen) atoms. The molecule has 0 heterocycles. The number of hydrogen-bond donors (Lipinski definition) is 1. The van der Waals surface area contributed by atoms with Gasteiger partial charge in [-0.05, 0) is 18.0 Å². The second kappa shape index (κ2) is 6.68. The molecule has 0 saturated heterocycles. The summed E-state index contributed by atoms with van der Waals surface area (Å²) < 4.78 is 7.49. The zero-order valence-corrected chi connectivity index (χ0v) is 5.94. The van der Waals surface area contributed by atoms with E-state index < -0.39 is 0 Å². The first-order valence-electron chi connectivity index (χ1n) is 1.75. The van der Waals surface area contributed by atoms with Crippen molar-refractivity contribution in [3.05, 3.63) is 0 Å². The summed E-state index contributed by atoms with van der Waals surface area (Å²) in [5, 5.41) is 0. The molecule has 0 aromatic heterocycles. The lowest BCUT2D eigenvalue weighted by Crippen LogP contribution is -1.90. The van der Waals surface area contributed by atoms with Gasteiger partial charge in [0, 0.05) is 7.11 Å².